The van der Waals surface area contributed by atoms with E-state index >= 15 is 0 Å². The van der Waals surface area contributed by atoms with Gasteiger partial charge >= 0.3 is 0 Å². The van der Waals surface area contributed by atoms with Gasteiger partial charge in [0, 0.05) is 31.3 Å². The third-order valence-corrected chi connectivity index (χ3v) is 6.81. The molecule has 0 radical (unpaired) electrons. The summed E-state index contributed by atoms with van der Waals surface area (Å²) >= 11 is 0. The highest BCUT2D eigenvalue weighted by molar-refractivity contribution is 4.89. The van der Waals surface area contributed by atoms with Crippen LogP contribution in [0.4, 0.5) is 0 Å². The van der Waals surface area contributed by atoms with Crippen molar-refractivity contribution in [3.63, 3.8) is 0 Å². The lowest BCUT2D eigenvalue weighted by Crippen LogP contribution is -2.57. The molecule has 3 N–H and O–H groups in total. The van der Waals surface area contributed by atoms with Gasteiger partial charge in [-0.1, -0.05) is 90.9 Å². The number of unbranched alkanes of at least 4 members (excludes halogenated alkanes) is 11. The minimum absolute atomic E-state index is 0.180. The molecule has 0 amide bonds. The fourth-order valence-electron chi connectivity index (χ4n) is 3.78. The fraction of sp³-hybridized carbons (Fsp3) is 1.00. The van der Waals surface area contributed by atoms with Crippen molar-refractivity contribution in [3.8, 4) is 0 Å². The minimum Gasteiger partial charge on any atom is -0.315 e. The Morgan fingerprint density at radius 1 is 0.700 bits per heavy atom. The van der Waals surface area contributed by atoms with Crippen molar-refractivity contribution in [2.24, 2.45) is 0 Å². The van der Waals surface area contributed by atoms with Crippen LogP contribution in [0, 0.1) is 0 Å². The molecule has 1 heterocycles. The molecule has 182 valence electrons. The second-order valence-corrected chi connectivity index (χ2v) is 9.82. The van der Waals surface area contributed by atoms with E-state index in [1.165, 1.54) is 83.5 Å². The molecule has 0 aromatic heterocycles. The summed E-state index contributed by atoms with van der Waals surface area (Å²) in [5.74, 6) is 0. The first-order valence-corrected chi connectivity index (χ1v) is 13.3. The van der Waals surface area contributed by atoms with Crippen LogP contribution in [0.5, 0.6) is 0 Å². The van der Waals surface area contributed by atoms with Gasteiger partial charge in [0.05, 0.1) is 0 Å². The number of nitrogens with one attached hydrogen (secondary N) is 3. The molecule has 30 heavy (non-hydrogen) atoms. The largest absolute Gasteiger partial charge is 0.315 e. The molecule has 0 aliphatic carbocycles. The van der Waals surface area contributed by atoms with E-state index in [1.807, 2.05) is 0 Å². The molecule has 1 unspecified atom stereocenters. The normalized spacial score (nSPS) is 21.2. The van der Waals surface area contributed by atoms with Crippen molar-refractivity contribution in [3.05, 3.63) is 0 Å². The highest BCUT2D eigenvalue weighted by Gasteiger charge is 2.29. The van der Waals surface area contributed by atoms with Gasteiger partial charge < -0.3 is 16.0 Å². The molecule has 1 aliphatic rings. The molecule has 1 aliphatic heterocycles. The van der Waals surface area contributed by atoms with Crippen LogP contribution in [-0.2, 0) is 0 Å². The van der Waals surface area contributed by atoms with Gasteiger partial charge in [0.15, 0.2) is 0 Å². The van der Waals surface area contributed by atoms with Crippen molar-refractivity contribution in [1.29, 1.82) is 0 Å². The van der Waals surface area contributed by atoms with E-state index in [0.29, 0.717) is 6.04 Å². The van der Waals surface area contributed by atoms with E-state index in [2.05, 4.69) is 62.5 Å². The molecule has 0 bridgehead atoms. The molecule has 0 spiro atoms. The number of hydrogen-bond donors (Lipinski definition) is 3. The lowest BCUT2D eigenvalue weighted by atomic mass is 9.94. The number of likely N-dealkylation sites (N-methyl/N-ethyl adjacent to an activating group) is 1. The second kappa shape index (κ2) is 20.7. The Kier molecular flexibility index (Phi) is 20.6. The molecule has 0 saturated carbocycles. The topological polar surface area (TPSA) is 39.3 Å². The first-order chi connectivity index (χ1) is 14.5. The molecular weight excluding hydrogens is 368 g/mol. The molecule has 0 aromatic carbocycles. The maximum absolute atomic E-state index is 3.61. The Morgan fingerprint density at radius 2 is 1.17 bits per heavy atom. The lowest BCUT2D eigenvalue weighted by Gasteiger charge is -2.41. The summed E-state index contributed by atoms with van der Waals surface area (Å²) in [4.78, 5) is 2.38. The number of rotatable bonds is 11. The molecule has 1 fully saturated rings. The fourth-order valence-corrected chi connectivity index (χ4v) is 3.78. The van der Waals surface area contributed by atoms with Gasteiger partial charge in [-0.25, -0.2) is 0 Å². The zero-order valence-corrected chi connectivity index (χ0v) is 21.8. The molecule has 4 nitrogen and oxygen atoms in total. The van der Waals surface area contributed by atoms with Gasteiger partial charge in [-0.05, 0) is 47.3 Å². The lowest BCUT2D eigenvalue weighted by molar-refractivity contribution is 0.106. The maximum atomic E-state index is 3.61. The van der Waals surface area contributed by atoms with Crippen molar-refractivity contribution >= 4 is 0 Å². The minimum atomic E-state index is 0.180. The van der Waals surface area contributed by atoms with E-state index in [4.69, 9.17) is 0 Å². The third-order valence-electron chi connectivity index (χ3n) is 6.81. The predicted molar refractivity (Wildman–Crippen MR) is 136 cm³/mol. The summed E-state index contributed by atoms with van der Waals surface area (Å²) < 4.78 is 0. The second-order valence-electron chi connectivity index (χ2n) is 9.82. The smallest absolute Gasteiger partial charge is 0.0483 e. The van der Waals surface area contributed by atoms with Gasteiger partial charge in [0.1, 0.15) is 0 Å². The highest BCUT2D eigenvalue weighted by atomic mass is 15.3. The average molecular weight is 427 g/mol. The Bertz CT molecular complexity index is 316. The molecule has 0 aromatic rings. The maximum Gasteiger partial charge on any atom is 0.0483 e. The summed E-state index contributed by atoms with van der Waals surface area (Å²) in [5.41, 5.74) is 0.180. The zero-order valence-electron chi connectivity index (χ0n) is 21.8. The molecule has 1 saturated heterocycles. The molecule has 1 rings (SSSR count). The van der Waals surface area contributed by atoms with Gasteiger partial charge in [0.2, 0.25) is 0 Å². The van der Waals surface area contributed by atoms with Crippen molar-refractivity contribution in [2.75, 3.05) is 39.9 Å². The van der Waals surface area contributed by atoms with Crippen LogP contribution >= 0.6 is 0 Å². The van der Waals surface area contributed by atoms with Crippen LogP contribution < -0.4 is 16.0 Å². The van der Waals surface area contributed by atoms with Gasteiger partial charge in [-0.3, -0.25) is 4.90 Å². The summed E-state index contributed by atoms with van der Waals surface area (Å²) in [6, 6.07) is 0.499. The summed E-state index contributed by atoms with van der Waals surface area (Å²) in [6.07, 6.45) is 18.6. The van der Waals surface area contributed by atoms with Crippen LogP contribution in [0.15, 0.2) is 0 Å². The Hall–Kier alpha value is -0.160. The summed E-state index contributed by atoms with van der Waals surface area (Å²) in [6.45, 7) is 16.7. The van der Waals surface area contributed by atoms with Crippen LogP contribution in [0.25, 0.3) is 0 Å². The van der Waals surface area contributed by atoms with Crippen LogP contribution in [0.3, 0.4) is 0 Å². The summed E-state index contributed by atoms with van der Waals surface area (Å²) in [5, 5.41) is 10.5. The van der Waals surface area contributed by atoms with Crippen LogP contribution in [0.1, 0.15) is 118 Å². The zero-order chi connectivity index (χ0) is 22.5. The van der Waals surface area contributed by atoms with Crippen LogP contribution in [0.2, 0.25) is 0 Å². The average Bonchev–Trinajstić information content (AvgIpc) is 2.73. The molecule has 1 atom stereocenters. The van der Waals surface area contributed by atoms with E-state index in [-0.39, 0.29) is 5.54 Å². The molecular formula is C26H58N4. The highest BCUT2D eigenvalue weighted by Crippen LogP contribution is 2.16. The standard InChI is InChI=1S/C14H30.C12H28N4/c1-3-5-7-9-11-13-14-12-10-8-6-4-2;1-11-12(2,3)16(4)10-14-9-8-13-6-5-7-15-11/h3-14H2,1-2H3;11,13-15H,5-10H2,1-4H3. The van der Waals surface area contributed by atoms with Crippen molar-refractivity contribution in [1.82, 2.24) is 20.9 Å². The monoisotopic (exact) mass is 426 g/mol. The third kappa shape index (κ3) is 16.5. The van der Waals surface area contributed by atoms with Crippen molar-refractivity contribution < 1.29 is 0 Å². The number of hydrogen-bond acceptors (Lipinski definition) is 4. The first-order valence-electron chi connectivity index (χ1n) is 13.3. The SMILES string of the molecule is CC1NCCCNCCNCN(C)C1(C)C.CCCCCCCCCCCCCC. The van der Waals surface area contributed by atoms with Crippen molar-refractivity contribution in [2.45, 2.75) is 130 Å². The Balaban J connectivity index is 0.000000567. The Morgan fingerprint density at radius 3 is 1.67 bits per heavy atom. The van der Waals surface area contributed by atoms with E-state index in [0.717, 1.165) is 32.8 Å². The number of nitrogens with zero attached hydrogens (tertiary/aromatic N) is 1. The van der Waals surface area contributed by atoms with Gasteiger partial charge in [-0.15, -0.1) is 0 Å². The van der Waals surface area contributed by atoms with E-state index in [9.17, 15) is 0 Å². The Labute approximate surface area is 190 Å². The first kappa shape index (κ1) is 29.8. The van der Waals surface area contributed by atoms with Gasteiger partial charge in [0.25, 0.3) is 0 Å². The van der Waals surface area contributed by atoms with Gasteiger partial charge in [-0.2, -0.15) is 0 Å². The quantitative estimate of drug-likeness (QED) is 0.358. The summed E-state index contributed by atoms with van der Waals surface area (Å²) in [7, 11) is 2.18. The molecule has 4 heteroatoms. The van der Waals surface area contributed by atoms with E-state index in [1.54, 1.807) is 0 Å². The predicted octanol–water partition coefficient (Wildman–Crippen LogP) is 5.92. The van der Waals surface area contributed by atoms with E-state index < -0.39 is 0 Å². The van der Waals surface area contributed by atoms with Crippen LogP contribution in [-0.4, -0.2) is 56.4 Å².